The number of ether oxygens (including phenoxy) is 1. The quantitative estimate of drug-likeness (QED) is 0.855. The molecule has 1 heterocycles. The Hall–Kier alpha value is -1.29. The summed E-state index contributed by atoms with van der Waals surface area (Å²) in [7, 11) is 1.38. The number of methoxy groups -OCH3 is 1. The molecule has 0 radical (unpaired) electrons. The number of rotatable bonds is 2. The summed E-state index contributed by atoms with van der Waals surface area (Å²) in [5.74, 6) is 0.103. The fourth-order valence-corrected chi connectivity index (χ4v) is 2.37. The van der Waals surface area contributed by atoms with Crippen LogP contribution in [0.5, 0.6) is 0 Å². The summed E-state index contributed by atoms with van der Waals surface area (Å²) < 4.78 is 5.66. The highest BCUT2D eigenvalue weighted by Gasteiger charge is 2.12. The molecule has 0 saturated heterocycles. The Bertz CT molecular complexity index is 572. The standard InChI is InChI=1S/C13H14BrNO2/c1-7(2)8-4-9-6-11(13(16)17-3)15-12(9)10(14)5-8/h4-7,15H,1-3H3. The van der Waals surface area contributed by atoms with Gasteiger partial charge in [0.1, 0.15) is 5.69 Å². The van der Waals surface area contributed by atoms with Crippen LogP contribution in [0.1, 0.15) is 35.8 Å². The molecule has 0 aliphatic heterocycles. The first-order chi connectivity index (χ1) is 8.02. The Kier molecular flexibility index (Phi) is 3.24. The predicted molar refractivity (Wildman–Crippen MR) is 71.4 cm³/mol. The maximum Gasteiger partial charge on any atom is 0.354 e. The number of carbonyl (C=O) groups excluding carboxylic acids is 1. The van der Waals surface area contributed by atoms with Gasteiger partial charge >= 0.3 is 5.97 Å². The second-order valence-electron chi connectivity index (χ2n) is 4.30. The Morgan fingerprint density at radius 1 is 1.35 bits per heavy atom. The molecule has 4 heteroatoms. The fraction of sp³-hybridized carbons (Fsp3) is 0.308. The minimum Gasteiger partial charge on any atom is -0.464 e. The Morgan fingerprint density at radius 3 is 2.65 bits per heavy atom. The number of aromatic amines is 1. The summed E-state index contributed by atoms with van der Waals surface area (Å²) in [6, 6.07) is 5.98. The van der Waals surface area contributed by atoms with Crippen molar-refractivity contribution in [2.45, 2.75) is 19.8 Å². The van der Waals surface area contributed by atoms with Gasteiger partial charge in [0, 0.05) is 9.86 Å². The van der Waals surface area contributed by atoms with Crippen LogP contribution in [0, 0.1) is 0 Å². The van der Waals surface area contributed by atoms with Crippen molar-refractivity contribution in [3.63, 3.8) is 0 Å². The van der Waals surface area contributed by atoms with Gasteiger partial charge in [0.25, 0.3) is 0 Å². The number of hydrogen-bond donors (Lipinski definition) is 1. The van der Waals surface area contributed by atoms with Crippen molar-refractivity contribution in [1.29, 1.82) is 0 Å². The van der Waals surface area contributed by atoms with Crippen LogP contribution in [0.2, 0.25) is 0 Å². The molecular formula is C13H14BrNO2. The molecule has 0 atom stereocenters. The highest BCUT2D eigenvalue weighted by atomic mass is 79.9. The van der Waals surface area contributed by atoms with Gasteiger partial charge in [0.15, 0.2) is 0 Å². The first-order valence-electron chi connectivity index (χ1n) is 5.43. The zero-order valence-corrected chi connectivity index (χ0v) is 11.6. The van der Waals surface area contributed by atoms with E-state index in [4.69, 9.17) is 4.74 Å². The van der Waals surface area contributed by atoms with Crippen molar-refractivity contribution in [2.24, 2.45) is 0 Å². The second-order valence-corrected chi connectivity index (χ2v) is 5.15. The van der Waals surface area contributed by atoms with Gasteiger partial charge in [-0.15, -0.1) is 0 Å². The van der Waals surface area contributed by atoms with Crippen LogP contribution >= 0.6 is 15.9 Å². The molecule has 0 saturated carbocycles. The topological polar surface area (TPSA) is 42.1 Å². The molecule has 2 aromatic rings. The molecular weight excluding hydrogens is 282 g/mol. The maximum absolute atomic E-state index is 11.4. The lowest BCUT2D eigenvalue weighted by atomic mass is 10.0. The van der Waals surface area contributed by atoms with Crippen LogP contribution in [0.3, 0.4) is 0 Å². The van der Waals surface area contributed by atoms with Gasteiger partial charge in [-0.2, -0.15) is 0 Å². The van der Waals surface area contributed by atoms with E-state index < -0.39 is 0 Å². The summed E-state index contributed by atoms with van der Waals surface area (Å²) in [4.78, 5) is 14.5. The average Bonchev–Trinajstić information content (AvgIpc) is 2.72. The molecule has 90 valence electrons. The Morgan fingerprint density at radius 2 is 2.06 bits per heavy atom. The van der Waals surface area contributed by atoms with Gasteiger partial charge in [0.2, 0.25) is 0 Å². The van der Waals surface area contributed by atoms with E-state index in [-0.39, 0.29) is 5.97 Å². The van der Waals surface area contributed by atoms with Gasteiger partial charge in [-0.25, -0.2) is 4.79 Å². The maximum atomic E-state index is 11.4. The van der Waals surface area contributed by atoms with Crippen molar-refractivity contribution >= 4 is 32.8 Å². The number of esters is 1. The minimum atomic E-state index is -0.348. The van der Waals surface area contributed by atoms with E-state index in [0.717, 1.165) is 15.4 Å². The van der Waals surface area contributed by atoms with E-state index in [0.29, 0.717) is 11.6 Å². The predicted octanol–water partition coefficient (Wildman–Crippen LogP) is 3.84. The molecule has 0 aliphatic rings. The summed E-state index contributed by atoms with van der Waals surface area (Å²) in [6.07, 6.45) is 0. The van der Waals surface area contributed by atoms with Crippen LogP contribution in [0.4, 0.5) is 0 Å². The van der Waals surface area contributed by atoms with E-state index in [2.05, 4.69) is 46.9 Å². The van der Waals surface area contributed by atoms with Crippen LogP contribution in [0.15, 0.2) is 22.7 Å². The molecule has 1 N–H and O–H groups in total. The molecule has 17 heavy (non-hydrogen) atoms. The number of H-pyrrole nitrogens is 1. The fourth-order valence-electron chi connectivity index (χ4n) is 1.77. The summed E-state index contributed by atoms with van der Waals surface area (Å²) in [6.45, 7) is 4.28. The van der Waals surface area contributed by atoms with Crippen molar-refractivity contribution in [3.05, 3.63) is 33.9 Å². The van der Waals surface area contributed by atoms with Gasteiger partial charge in [0.05, 0.1) is 12.6 Å². The van der Waals surface area contributed by atoms with Crippen LogP contribution in [0.25, 0.3) is 10.9 Å². The zero-order chi connectivity index (χ0) is 12.6. The van der Waals surface area contributed by atoms with E-state index in [9.17, 15) is 4.79 Å². The monoisotopic (exact) mass is 295 g/mol. The van der Waals surface area contributed by atoms with Gasteiger partial charge in [-0.05, 0) is 45.6 Å². The number of fused-ring (bicyclic) bond motifs is 1. The van der Waals surface area contributed by atoms with E-state index >= 15 is 0 Å². The van der Waals surface area contributed by atoms with Crippen molar-refractivity contribution in [1.82, 2.24) is 4.98 Å². The van der Waals surface area contributed by atoms with Crippen molar-refractivity contribution in [2.75, 3.05) is 7.11 Å². The number of aromatic nitrogens is 1. The lowest BCUT2D eigenvalue weighted by Gasteiger charge is -2.06. The average molecular weight is 296 g/mol. The number of benzene rings is 1. The largest absolute Gasteiger partial charge is 0.464 e. The molecule has 3 nitrogen and oxygen atoms in total. The third kappa shape index (κ3) is 2.22. The molecule has 0 spiro atoms. The molecule has 1 aromatic carbocycles. The van der Waals surface area contributed by atoms with E-state index in [1.54, 1.807) is 0 Å². The second kappa shape index (κ2) is 4.53. The van der Waals surface area contributed by atoms with E-state index in [1.165, 1.54) is 12.7 Å². The molecule has 0 amide bonds. The van der Waals surface area contributed by atoms with Crippen LogP contribution in [-0.4, -0.2) is 18.1 Å². The number of halogens is 1. The normalized spacial score (nSPS) is 11.1. The van der Waals surface area contributed by atoms with Crippen molar-refractivity contribution < 1.29 is 9.53 Å². The smallest absolute Gasteiger partial charge is 0.354 e. The number of carbonyl (C=O) groups is 1. The number of nitrogens with one attached hydrogen (secondary N) is 1. The highest BCUT2D eigenvalue weighted by Crippen LogP contribution is 2.29. The van der Waals surface area contributed by atoms with Gasteiger partial charge in [-0.1, -0.05) is 13.8 Å². The Labute approximate surface area is 108 Å². The van der Waals surface area contributed by atoms with Crippen LogP contribution in [-0.2, 0) is 4.74 Å². The number of hydrogen-bond acceptors (Lipinski definition) is 2. The minimum absolute atomic E-state index is 0.348. The molecule has 0 unspecified atom stereocenters. The third-order valence-corrected chi connectivity index (χ3v) is 3.40. The Balaban J connectivity index is 2.60. The third-order valence-electron chi connectivity index (χ3n) is 2.77. The first-order valence-corrected chi connectivity index (χ1v) is 6.22. The first kappa shape index (κ1) is 12.2. The lowest BCUT2D eigenvalue weighted by Crippen LogP contribution is -2.00. The summed E-state index contributed by atoms with van der Waals surface area (Å²) >= 11 is 3.52. The molecule has 1 aromatic heterocycles. The van der Waals surface area contributed by atoms with Gasteiger partial charge < -0.3 is 9.72 Å². The summed E-state index contributed by atoms with van der Waals surface area (Å²) in [5.41, 5.74) is 2.64. The molecule has 0 bridgehead atoms. The zero-order valence-electron chi connectivity index (χ0n) is 10.0. The van der Waals surface area contributed by atoms with E-state index in [1.807, 2.05) is 6.07 Å². The van der Waals surface area contributed by atoms with Gasteiger partial charge in [-0.3, -0.25) is 0 Å². The summed E-state index contributed by atoms with van der Waals surface area (Å²) in [5, 5.41) is 1.02. The molecule has 0 fully saturated rings. The highest BCUT2D eigenvalue weighted by molar-refractivity contribution is 9.10. The molecule has 0 aliphatic carbocycles. The SMILES string of the molecule is COC(=O)c1cc2cc(C(C)C)cc(Br)c2[nH]1. The molecule has 2 rings (SSSR count). The lowest BCUT2D eigenvalue weighted by molar-refractivity contribution is 0.0595. The van der Waals surface area contributed by atoms with Crippen molar-refractivity contribution in [3.8, 4) is 0 Å². The van der Waals surface area contributed by atoms with Crippen LogP contribution < -0.4 is 0 Å².